The van der Waals surface area contributed by atoms with Gasteiger partial charge in [0.1, 0.15) is 17.5 Å². The third-order valence-corrected chi connectivity index (χ3v) is 4.28. The molecule has 0 amide bonds. The van der Waals surface area contributed by atoms with Gasteiger partial charge in [-0.15, -0.1) is 0 Å². The average molecular weight is 389 g/mol. The van der Waals surface area contributed by atoms with Crippen LogP contribution in [0.15, 0.2) is 48.5 Å². The van der Waals surface area contributed by atoms with Crippen LogP contribution in [0.3, 0.4) is 0 Å². The molecule has 0 aliphatic heterocycles. The number of halogens is 2. The Kier molecular flexibility index (Phi) is 5.25. The van der Waals surface area contributed by atoms with Gasteiger partial charge in [-0.1, -0.05) is 29.3 Å². The molecular weight excluding hydrogens is 375 g/mol. The van der Waals surface area contributed by atoms with Gasteiger partial charge in [0.25, 0.3) is 0 Å². The summed E-state index contributed by atoms with van der Waals surface area (Å²) in [6.07, 6.45) is 0. The first-order chi connectivity index (χ1) is 12.4. The van der Waals surface area contributed by atoms with E-state index in [2.05, 4.69) is 20.6 Å². The minimum atomic E-state index is -0.973. The smallest absolute Gasteiger partial charge is 0.335 e. The SMILES string of the molecule is Cc1nc(Nc2ccc(C(=O)O)cc2)cc(Nc2cccc(Cl)c2Cl)n1. The normalized spacial score (nSPS) is 10.4. The fourth-order valence-electron chi connectivity index (χ4n) is 2.28. The van der Waals surface area contributed by atoms with Gasteiger partial charge in [0.15, 0.2) is 0 Å². The molecule has 0 radical (unpaired) electrons. The van der Waals surface area contributed by atoms with Crippen LogP contribution in [0.25, 0.3) is 0 Å². The second-order valence-corrected chi connectivity index (χ2v) is 6.20. The van der Waals surface area contributed by atoms with Crippen molar-refractivity contribution in [1.82, 2.24) is 9.97 Å². The number of aromatic carboxylic acids is 1. The van der Waals surface area contributed by atoms with E-state index in [0.717, 1.165) is 0 Å². The summed E-state index contributed by atoms with van der Waals surface area (Å²) in [5.41, 5.74) is 1.56. The van der Waals surface area contributed by atoms with Gasteiger partial charge >= 0.3 is 5.97 Å². The summed E-state index contributed by atoms with van der Waals surface area (Å²) >= 11 is 12.2. The summed E-state index contributed by atoms with van der Waals surface area (Å²) in [7, 11) is 0. The van der Waals surface area contributed by atoms with E-state index in [0.29, 0.717) is 38.9 Å². The molecule has 0 atom stereocenters. The molecule has 6 nitrogen and oxygen atoms in total. The molecule has 1 heterocycles. The zero-order chi connectivity index (χ0) is 18.7. The molecule has 2 aromatic carbocycles. The molecule has 3 N–H and O–H groups in total. The summed E-state index contributed by atoms with van der Waals surface area (Å²) in [4.78, 5) is 19.6. The monoisotopic (exact) mass is 388 g/mol. The second kappa shape index (κ2) is 7.59. The first-order valence-corrected chi connectivity index (χ1v) is 8.35. The van der Waals surface area contributed by atoms with Crippen LogP contribution in [0, 0.1) is 6.92 Å². The van der Waals surface area contributed by atoms with Crippen molar-refractivity contribution in [3.05, 3.63) is 70.0 Å². The molecule has 0 fully saturated rings. The second-order valence-electron chi connectivity index (χ2n) is 5.42. The minimum Gasteiger partial charge on any atom is -0.478 e. The fraction of sp³-hybridized carbons (Fsp3) is 0.0556. The van der Waals surface area contributed by atoms with E-state index in [-0.39, 0.29) is 5.56 Å². The van der Waals surface area contributed by atoms with Crippen LogP contribution in [0.2, 0.25) is 10.0 Å². The van der Waals surface area contributed by atoms with Crippen LogP contribution < -0.4 is 10.6 Å². The lowest BCUT2D eigenvalue weighted by atomic mass is 10.2. The van der Waals surface area contributed by atoms with Crippen molar-refractivity contribution in [3.63, 3.8) is 0 Å². The van der Waals surface area contributed by atoms with Crippen LogP contribution in [-0.4, -0.2) is 21.0 Å². The maximum absolute atomic E-state index is 10.9. The number of nitrogens with one attached hydrogen (secondary N) is 2. The summed E-state index contributed by atoms with van der Waals surface area (Å²) in [5, 5.41) is 16.0. The molecule has 3 aromatic rings. The lowest BCUT2D eigenvalue weighted by Crippen LogP contribution is -2.02. The average Bonchev–Trinajstić information content (AvgIpc) is 2.59. The van der Waals surface area contributed by atoms with Crippen molar-refractivity contribution in [2.75, 3.05) is 10.6 Å². The highest BCUT2D eigenvalue weighted by atomic mass is 35.5. The summed E-state index contributed by atoms with van der Waals surface area (Å²) < 4.78 is 0. The third kappa shape index (κ3) is 4.22. The Balaban J connectivity index is 1.83. The van der Waals surface area contributed by atoms with E-state index >= 15 is 0 Å². The van der Waals surface area contributed by atoms with Crippen molar-refractivity contribution in [3.8, 4) is 0 Å². The zero-order valence-electron chi connectivity index (χ0n) is 13.6. The number of carboxylic acid groups (broad SMARTS) is 1. The van der Waals surface area contributed by atoms with E-state index in [1.54, 1.807) is 43.3 Å². The number of carboxylic acids is 1. The van der Waals surface area contributed by atoms with Crippen molar-refractivity contribution < 1.29 is 9.90 Å². The van der Waals surface area contributed by atoms with Crippen molar-refractivity contribution >= 4 is 52.2 Å². The highest BCUT2D eigenvalue weighted by Gasteiger charge is 2.08. The Hall–Kier alpha value is -2.83. The van der Waals surface area contributed by atoms with Gasteiger partial charge in [0.05, 0.1) is 21.3 Å². The van der Waals surface area contributed by atoms with Gasteiger partial charge in [-0.25, -0.2) is 14.8 Å². The largest absolute Gasteiger partial charge is 0.478 e. The molecule has 3 rings (SSSR count). The van der Waals surface area contributed by atoms with E-state index in [9.17, 15) is 4.79 Å². The number of benzene rings is 2. The molecule has 0 saturated heterocycles. The summed E-state index contributed by atoms with van der Waals surface area (Å²) in [6, 6.07) is 13.4. The number of hydrogen-bond donors (Lipinski definition) is 3. The molecule has 0 aliphatic carbocycles. The zero-order valence-corrected chi connectivity index (χ0v) is 15.1. The van der Waals surface area contributed by atoms with E-state index < -0.39 is 5.97 Å². The Morgan fingerprint density at radius 1 is 1.00 bits per heavy atom. The topological polar surface area (TPSA) is 87.1 Å². The quantitative estimate of drug-likeness (QED) is 0.551. The van der Waals surface area contributed by atoms with E-state index in [1.165, 1.54) is 12.1 Å². The number of hydrogen-bond acceptors (Lipinski definition) is 5. The number of aromatic nitrogens is 2. The van der Waals surface area contributed by atoms with Gasteiger partial charge in [0, 0.05) is 11.8 Å². The number of rotatable bonds is 5. The Bertz CT molecular complexity index is 962. The summed E-state index contributed by atoms with van der Waals surface area (Å²) in [6.45, 7) is 1.77. The number of anilines is 4. The molecule has 132 valence electrons. The lowest BCUT2D eigenvalue weighted by Gasteiger charge is -2.12. The van der Waals surface area contributed by atoms with Crippen molar-refractivity contribution in [1.29, 1.82) is 0 Å². The molecule has 1 aromatic heterocycles. The van der Waals surface area contributed by atoms with Gasteiger partial charge in [-0.3, -0.25) is 0 Å². The molecule has 0 bridgehead atoms. The third-order valence-electron chi connectivity index (χ3n) is 3.46. The van der Waals surface area contributed by atoms with E-state index in [1.807, 2.05) is 0 Å². The Labute approximate surface area is 159 Å². The molecular formula is C18H14Cl2N4O2. The highest BCUT2D eigenvalue weighted by Crippen LogP contribution is 2.31. The van der Waals surface area contributed by atoms with Crippen LogP contribution in [0.4, 0.5) is 23.0 Å². The lowest BCUT2D eigenvalue weighted by molar-refractivity contribution is 0.0697. The fourth-order valence-corrected chi connectivity index (χ4v) is 2.63. The molecule has 0 spiro atoms. The molecule has 0 aliphatic rings. The highest BCUT2D eigenvalue weighted by molar-refractivity contribution is 6.43. The van der Waals surface area contributed by atoms with Crippen LogP contribution in [0.5, 0.6) is 0 Å². The summed E-state index contributed by atoms with van der Waals surface area (Å²) in [5.74, 6) is 0.685. The first-order valence-electron chi connectivity index (χ1n) is 7.59. The minimum absolute atomic E-state index is 0.215. The van der Waals surface area contributed by atoms with Crippen LogP contribution in [-0.2, 0) is 0 Å². The number of aryl methyl sites for hydroxylation is 1. The number of carbonyl (C=O) groups is 1. The molecule has 8 heteroatoms. The Morgan fingerprint density at radius 3 is 2.31 bits per heavy atom. The molecule has 0 unspecified atom stereocenters. The van der Waals surface area contributed by atoms with Crippen LogP contribution >= 0.6 is 23.2 Å². The predicted octanol–water partition coefficient (Wildman–Crippen LogP) is 5.28. The maximum atomic E-state index is 10.9. The van der Waals surface area contributed by atoms with Gasteiger partial charge in [-0.2, -0.15) is 0 Å². The number of nitrogens with zero attached hydrogens (tertiary/aromatic N) is 2. The van der Waals surface area contributed by atoms with Gasteiger partial charge in [-0.05, 0) is 43.3 Å². The van der Waals surface area contributed by atoms with Gasteiger partial charge < -0.3 is 15.7 Å². The predicted molar refractivity (Wildman–Crippen MR) is 103 cm³/mol. The van der Waals surface area contributed by atoms with E-state index in [4.69, 9.17) is 28.3 Å². The van der Waals surface area contributed by atoms with Crippen molar-refractivity contribution in [2.45, 2.75) is 6.92 Å². The first kappa shape index (κ1) is 18.0. The van der Waals surface area contributed by atoms with Gasteiger partial charge in [0.2, 0.25) is 0 Å². The molecule has 0 saturated carbocycles. The molecule has 26 heavy (non-hydrogen) atoms. The van der Waals surface area contributed by atoms with Crippen LogP contribution in [0.1, 0.15) is 16.2 Å². The standard InChI is InChI=1S/C18H14Cl2N4O2/c1-10-21-15(23-12-7-5-11(6-8-12)18(25)26)9-16(22-10)24-14-4-2-3-13(19)17(14)20/h2-9H,1H3,(H,25,26)(H2,21,22,23,24). The maximum Gasteiger partial charge on any atom is 0.335 e. The Morgan fingerprint density at radius 2 is 1.65 bits per heavy atom. The van der Waals surface area contributed by atoms with Crippen molar-refractivity contribution in [2.24, 2.45) is 0 Å².